The number of pyridine rings is 1. The van der Waals surface area contributed by atoms with Gasteiger partial charge in [0.15, 0.2) is 5.82 Å². The van der Waals surface area contributed by atoms with Crippen LogP contribution in [0.4, 0.5) is 36.4 Å². The summed E-state index contributed by atoms with van der Waals surface area (Å²) in [6, 6.07) is 2.70. The van der Waals surface area contributed by atoms with Gasteiger partial charge in [-0.3, -0.25) is 9.59 Å². The molecule has 8 nitrogen and oxygen atoms in total. The van der Waals surface area contributed by atoms with Crippen molar-refractivity contribution in [1.29, 1.82) is 0 Å². The molecular weight excluding hydrogens is 537 g/mol. The Balaban J connectivity index is 1.51. The lowest BCUT2D eigenvalue weighted by molar-refractivity contribution is -0.138. The Labute approximate surface area is 214 Å². The van der Waals surface area contributed by atoms with E-state index in [1.165, 1.54) is 25.3 Å². The minimum absolute atomic E-state index is 0.0919. The van der Waals surface area contributed by atoms with Gasteiger partial charge >= 0.3 is 6.18 Å². The van der Waals surface area contributed by atoms with E-state index < -0.39 is 65.1 Å². The maximum absolute atomic E-state index is 14.8. The number of aromatic amines is 1. The van der Waals surface area contributed by atoms with Crippen molar-refractivity contribution in [2.24, 2.45) is 0 Å². The molecule has 2 N–H and O–H groups in total. The number of aromatic nitrogens is 5. The van der Waals surface area contributed by atoms with Crippen LogP contribution in [0, 0.1) is 5.82 Å². The number of nitrogens with zero attached hydrogens (tertiary/aromatic N) is 4. The molecule has 0 radical (unpaired) electrons. The van der Waals surface area contributed by atoms with Gasteiger partial charge in [0.05, 0.1) is 34.9 Å². The molecule has 0 spiro atoms. The lowest BCUT2D eigenvalue weighted by Crippen LogP contribution is -2.30. The Kier molecular flexibility index (Phi) is 7.70. The average molecular weight is 556 g/mol. The van der Waals surface area contributed by atoms with Gasteiger partial charge in [-0.1, -0.05) is 0 Å². The molecule has 4 rings (SSSR count). The highest BCUT2D eigenvalue weighted by Gasteiger charge is 2.37. The first-order chi connectivity index (χ1) is 18.3. The first-order valence-corrected chi connectivity index (χ1v) is 11.3. The number of alkyl halides is 6. The lowest BCUT2D eigenvalue weighted by atomic mass is 10.1. The van der Waals surface area contributed by atoms with Crippen LogP contribution in [-0.2, 0) is 12.7 Å². The summed E-state index contributed by atoms with van der Waals surface area (Å²) in [6.45, 7) is 0.909. The molecule has 0 saturated heterocycles. The largest absolute Gasteiger partial charge is 0.423 e. The fraction of sp³-hybridized carbons (Fsp3) is 0.292. The number of halogens is 7. The molecule has 0 aliphatic carbocycles. The van der Waals surface area contributed by atoms with Crippen LogP contribution >= 0.6 is 0 Å². The summed E-state index contributed by atoms with van der Waals surface area (Å²) in [6.07, 6.45) is -6.06. The molecule has 1 aromatic carbocycles. The SMILES string of the molecule is C[C@H](C[C@H](F)Cn1ccc2cc(-c3ncc(C(F)F)cn3)c(F)cc2c1=O)Nc1cn[nH]c(=O)c1C(F)(F)F. The van der Waals surface area contributed by atoms with Crippen LogP contribution in [0.2, 0.25) is 0 Å². The van der Waals surface area contributed by atoms with E-state index in [9.17, 15) is 40.3 Å². The minimum Gasteiger partial charge on any atom is -0.381 e. The topological polar surface area (TPSA) is 106 Å². The second-order valence-corrected chi connectivity index (χ2v) is 8.70. The van der Waals surface area contributed by atoms with Crippen molar-refractivity contribution in [3.63, 3.8) is 0 Å². The smallest absolute Gasteiger partial charge is 0.381 e. The Morgan fingerprint density at radius 2 is 1.77 bits per heavy atom. The number of H-pyrrole nitrogens is 1. The van der Waals surface area contributed by atoms with Crippen LogP contribution in [0.25, 0.3) is 22.2 Å². The number of rotatable bonds is 8. The predicted molar refractivity (Wildman–Crippen MR) is 127 cm³/mol. The van der Waals surface area contributed by atoms with E-state index in [0.29, 0.717) is 0 Å². The summed E-state index contributed by atoms with van der Waals surface area (Å²) in [7, 11) is 0. The third-order valence-electron chi connectivity index (χ3n) is 5.77. The number of benzene rings is 1. The van der Waals surface area contributed by atoms with E-state index in [1.54, 1.807) is 5.10 Å². The number of nitrogens with one attached hydrogen (secondary N) is 2. The van der Waals surface area contributed by atoms with Gasteiger partial charge in [-0.15, -0.1) is 0 Å². The highest BCUT2D eigenvalue weighted by Crippen LogP contribution is 2.32. The van der Waals surface area contributed by atoms with Crippen LogP contribution in [0.1, 0.15) is 30.9 Å². The van der Waals surface area contributed by atoms with Gasteiger partial charge in [-0.25, -0.2) is 32.6 Å². The van der Waals surface area contributed by atoms with Crippen molar-refractivity contribution < 1.29 is 30.7 Å². The fourth-order valence-corrected chi connectivity index (χ4v) is 4.00. The molecule has 0 bridgehead atoms. The number of fused-ring (bicyclic) bond motifs is 1. The molecular formula is C24H19F7N6O2. The molecule has 206 valence electrons. The highest BCUT2D eigenvalue weighted by atomic mass is 19.4. The Bertz CT molecular complexity index is 1600. The monoisotopic (exact) mass is 556 g/mol. The maximum atomic E-state index is 14.8. The number of hydrogen-bond donors (Lipinski definition) is 2. The zero-order chi connectivity index (χ0) is 28.5. The molecule has 0 aliphatic rings. The molecule has 0 aliphatic heterocycles. The van der Waals surface area contributed by atoms with Crippen LogP contribution in [-0.4, -0.2) is 36.9 Å². The Morgan fingerprint density at radius 3 is 2.41 bits per heavy atom. The third kappa shape index (κ3) is 6.07. The van der Waals surface area contributed by atoms with Crippen molar-refractivity contribution in [2.45, 2.75) is 44.7 Å². The van der Waals surface area contributed by atoms with Crippen molar-refractivity contribution in [1.82, 2.24) is 24.7 Å². The zero-order valence-corrected chi connectivity index (χ0v) is 19.9. The fourth-order valence-electron chi connectivity index (χ4n) is 4.00. The zero-order valence-electron chi connectivity index (χ0n) is 19.9. The Morgan fingerprint density at radius 1 is 1.08 bits per heavy atom. The second-order valence-electron chi connectivity index (χ2n) is 8.70. The summed E-state index contributed by atoms with van der Waals surface area (Å²) >= 11 is 0. The molecule has 2 atom stereocenters. The minimum atomic E-state index is -4.97. The maximum Gasteiger partial charge on any atom is 0.423 e. The summed E-state index contributed by atoms with van der Waals surface area (Å²) < 4.78 is 95.7. The van der Waals surface area contributed by atoms with Crippen molar-refractivity contribution in [2.75, 3.05) is 5.32 Å². The van der Waals surface area contributed by atoms with Gasteiger partial charge in [0.2, 0.25) is 0 Å². The van der Waals surface area contributed by atoms with Crippen molar-refractivity contribution >= 4 is 16.5 Å². The van der Waals surface area contributed by atoms with Gasteiger partial charge < -0.3 is 9.88 Å². The standard InChI is InChI=1S/C24H19F7N6O2/c1-11(35-18-9-34-36-22(38)19(18)24(29,30)31)4-14(25)10-37-3-2-12-5-16(17(26)6-15(12)23(37)39)21-32-7-13(8-33-21)20(27)28/h2-3,5-9,11,14,20H,4,10H2,1H3,(H2,35,36,38)/t11-,14+/m1/s1. The molecule has 39 heavy (non-hydrogen) atoms. The third-order valence-corrected chi connectivity index (χ3v) is 5.77. The molecule has 0 saturated carbocycles. The first-order valence-electron chi connectivity index (χ1n) is 11.3. The molecule has 0 fully saturated rings. The molecule has 0 unspecified atom stereocenters. The number of anilines is 1. The van der Waals surface area contributed by atoms with Gasteiger partial charge in [-0.05, 0) is 30.5 Å². The molecule has 3 heterocycles. The van der Waals surface area contributed by atoms with Gasteiger partial charge in [0.25, 0.3) is 17.5 Å². The van der Waals surface area contributed by atoms with Crippen LogP contribution in [0.5, 0.6) is 0 Å². The average Bonchev–Trinajstić information content (AvgIpc) is 2.85. The summed E-state index contributed by atoms with van der Waals surface area (Å²) in [4.78, 5) is 32.0. The quantitative estimate of drug-likeness (QED) is 0.300. The van der Waals surface area contributed by atoms with E-state index in [-0.39, 0.29) is 28.6 Å². The second kappa shape index (κ2) is 10.8. The number of hydrogen-bond acceptors (Lipinski definition) is 6. The van der Waals surface area contributed by atoms with Gasteiger partial charge in [0.1, 0.15) is 17.6 Å². The van der Waals surface area contributed by atoms with Crippen LogP contribution in [0.15, 0.2) is 52.6 Å². The van der Waals surface area contributed by atoms with Gasteiger partial charge in [0, 0.05) is 31.1 Å². The van der Waals surface area contributed by atoms with Crippen molar-refractivity contribution in [3.8, 4) is 11.4 Å². The van der Waals surface area contributed by atoms with Crippen molar-refractivity contribution in [3.05, 3.63) is 80.6 Å². The summed E-state index contributed by atoms with van der Waals surface area (Å²) in [5.41, 5.74) is -4.87. The lowest BCUT2D eigenvalue weighted by Gasteiger charge is -2.20. The van der Waals surface area contributed by atoms with Gasteiger partial charge in [-0.2, -0.15) is 18.3 Å². The molecule has 15 heteroatoms. The molecule has 4 aromatic rings. The summed E-state index contributed by atoms with van der Waals surface area (Å²) in [5, 5.41) is 7.63. The van der Waals surface area contributed by atoms with E-state index in [2.05, 4.69) is 20.4 Å². The highest BCUT2D eigenvalue weighted by molar-refractivity contribution is 5.86. The summed E-state index contributed by atoms with van der Waals surface area (Å²) in [5.74, 6) is -1.07. The molecule has 3 aromatic heterocycles. The van der Waals surface area contributed by atoms with Crippen LogP contribution in [0.3, 0.4) is 0 Å². The normalized spacial score (nSPS) is 13.6. The van der Waals surface area contributed by atoms with E-state index in [0.717, 1.165) is 29.2 Å². The molecule has 0 amide bonds. The first kappa shape index (κ1) is 27.7. The predicted octanol–water partition coefficient (Wildman–Crippen LogP) is 4.87. The van der Waals surface area contributed by atoms with E-state index in [4.69, 9.17) is 0 Å². The van der Waals surface area contributed by atoms with E-state index >= 15 is 0 Å². The van der Waals surface area contributed by atoms with Crippen LogP contribution < -0.4 is 16.4 Å². The Hall–Kier alpha value is -4.30. The van der Waals surface area contributed by atoms with E-state index in [1.807, 2.05) is 0 Å².